The van der Waals surface area contributed by atoms with Crippen molar-refractivity contribution in [3.05, 3.63) is 17.7 Å². The van der Waals surface area contributed by atoms with Gasteiger partial charge in [0.1, 0.15) is 11.5 Å². The summed E-state index contributed by atoms with van der Waals surface area (Å²) in [6, 6.07) is 0. The van der Waals surface area contributed by atoms with Gasteiger partial charge in [-0.25, -0.2) is 4.98 Å². The Kier molecular flexibility index (Phi) is 1.27. The van der Waals surface area contributed by atoms with E-state index in [4.69, 9.17) is 6.42 Å². The Labute approximate surface area is 54.5 Å². The summed E-state index contributed by atoms with van der Waals surface area (Å²) in [6.07, 6.45) is 6.84. The van der Waals surface area contributed by atoms with Crippen molar-refractivity contribution in [1.29, 1.82) is 0 Å². The van der Waals surface area contributed by atoms with Gasteiger partial charge >= 0.3 is 0 Å². The lowest BCUT2D eigenvalue weighted by Crippen LogP contribution is -1.93. The molecule has 1 heterocycles. The number of hydrogen-bond acceptors (Lipinski definition) is 1. The third-order valence-corrected chi connectivity index (χ3v) is 1.37. The van der Waals surface area contributed by atoms with Crippen LogP contribution in [-0.2, 0) is 7.05 Å². The molecule has 0 aliphatic rings. The Balaban J connectivity index is 3.24. The quantitative estimate of drug-likeness (QED) is 0.461. The fraction of sp³-hybridized carbons (Fsp3) is 0.286. The molecule has 9 heavy (non-hydrogen) atoms. The van der Waals surface area contributed by atoms with Gasteiger partial charge in [0.25, 0.3) is 0 Å². The maximum atomic E-state index is 5.15. The first-order valence-corrected chi connectivity index (χ1v) is 2.70. The maximum absolute atomic E-state index is 5.15. The van der Waals surface area contributed by atoms with Gasteiger partial charge < -0.3 is 4.57 Å². The SMILES string of the molecule is C#Cc1cnc(C)n1C. The topological polar surface area (TPSA) is 17.8 Å². The lowest BCUT2D eigenvalue weighted by atomic mass is 10.5. The zero-order chi connectivity index (χ0) is 6.85. The number of hydrogen-bond donors (Lipinski definition) is 0. The zero-order valence-corrected chi connectivity index (χ0v) is 5.55. The lowest BCUT2D eigenvalue weighted by Gasteiger charge is -1.93. The summed E-state index contributed by atoms with van der Waals surface area (Å²) < 4.78 is 1.88. The van der Waals surface area contributed by atoms with Crippen molar-refractivity contribution in [3.63, 3.8) is 0 Å². The van der Waals surface area contributed by atoms with E-state index in [1.807, 2.05) is 18.5 Å². The second-order valence-corrected chi connectivity index (χ2v) is 1.89. The first kappa shape index (κ1) is 5.90. The standard InChI is InChI=1S/C7H8N2/c1-4-7-5-8-6(2)9(7)3/h1,5H,2-3H3. The molecule has 0 unspecified atom stereocenters. The minimum atomic E-state index is 0.826. The minimum absolute atomic E-state index is 0.826. The van der Waals surface area contributed by atoms with Crippen LogP contribution in [0.3, 0.4) is 0 Å². The fourth-order valence-corrected chi connectivity index (χ4v) is 0.636. The molecule has 0 saturated carbocycles. The summed E-state index contributed by atoms with van der Waals surface area (Å²) >= 11 is 0. The molecule has 0 radical (unpaired) electrons. The fourth-order valence-electron chi connectivity index (χ4n) is 0.636. The molecular formula is C7H8N2. The number of terminal acetylenes is 1. The Morgan fingerprint density at radius 2 is 2.44 bits per heavy atom. The average molecular weight is 120 g/mol. The second kappa shape index (κ2) is 1.94. The molecule has 0 bridgehead atoms. The van der Waals surface area contributed by atoms with Crippen LogP contribution in [0.1, 0.15) is 11.5 Å². The summed E-state index contributed by atoms with van der Waals surface area (Å²) in [5.74, 6) is 3.46. The molecule has 0 atom stereocenters. The molecule has 1 rings (SSSR count). The number of rotatable bonds is 0. The highest BCUT2D eigenvalue weighted by Crippen LogP contribution is 1.97. The van der Waals surface area contributed by atoms with Crippen LogP contribution in [-0.4, -0.2) is 9.55 Å². The van der Waals surface area contributed by atoms with Crippen LogP contribution in [0.15, 0.2) is 6.20 Å². The molecule has 0 amide bonds. The third-order valence-electron chi connectivity index (χ3n) is 1.37. The number of aryl methyl sites for hydroxylation is 1. The molecule has 0 aromatic carbocycles. The predicted molar refractivity (Wildman–Crippen MR) is 35.9 cm³/mol. The summed E-state index contributed by atoms with van der Waals surface area (Å²) in [4.78, 5) is 4.01. The van der Waals surface area contributed by atoms with Gasteiger partial charge in [0.2, 0.25) is 0 Å². The molecule has 0 spiro atoms. The van der Waals surface area contributed by atoms with Crippen LogP contribution in [0.2, 0.25) is 0 Å². The largest absolute Gasteiger partial charge is 0.325 e. The van der Waals surface area contributed by atoms with Crippen molar-refractivity contribution in [2.45, 2.75) is 6.92 Å². The van der Waals surface area contributed by atoms with E-state index in [1.54, 1.807) is 6.20 Å². The summed E-state index contributed by atoms with van der Waals surface area (Å²) in [6.45, 7) is 1.92. The monoisotopic (exact) mass is 120 g/mol. The Morgan fingerprint density at radius 1 is 1.78 bits per heavy atom. The molecule has 2 nitrogen and oxygen atoms in total. The van der Waals surface area contributed by atoms with Crippen LogP contribution in [0, 0.1) is 19.3 Å². The van der Waals surface area contributed by atoms with Crippen molar-refractivity contribution in [3.8, 4) is 12.3 Å². The predicted octanol–water partition coefficient (Wildman–Crippen LogP) is 0.710. The van der Waals surface area contributed by atoms with E-state index in [9.17, 15) is 0 Å². The highest BCUT2D eigenvalue weighted by molar-refractivity contribution is 5.23. The van der Waals surface area contributed by atoms with E-state index in [-0.39, 0.29) is 0 Å². The van der Waals surface area contributed by atoms with E-state index >= 15 is 0 Å². The smallest absolute Gasteiger partial charge is 0.111 e. The number of nitrogens with zero attached hydrogens (tertiary/aromatic N) is 2. The average Bonchev–Trinajstić information content (AvgIpc) is 2.15. The first-order chi connectivity index (χ1) is 4.25. The highest BCUT2D eigenvalue weighted by Gasteiger charge is 1.95. The van der Waals surface area contributed by atoms with E-state index in [0.29, 0.717) is 0 Å². The number of imidazole rings is 1. The molecule has 2 heteroatoms. The molecule has 0 saturated heterocycles. The first-order valence-electron chi connectivity index (χ1n) is 2.70. The molecule has 1 aromatic heterocycles. The molecule has 0 fully saturated rings. The lowest BCUT2D eigenvalue weighted by molar-refractivity contribution is 0.847. The van der Waals surface area contributed by atoms with Crippen LogP contribution in [0.4, 0.5) is 0 Å². The van der Waals surface area contributed by atoms with Gasteiger partial charge in [-0.2, -0.15) is 0 Å². The molecule has 1 aromatic rings. The third kappa shape index (κ3) is 0.812. The van der Waals surface area contributed by atoms with Gasteiger partial charge in [0, 0.05) is 7.05 Å². The molecular weight excluding hydrogens is 112 g/mol. The van der Waals surface area contributed by atoms with Crippen LogP contribution in [0.25, 0.3) is 0 Å². The van der Waals surface area contributed by atoms with E-state index in [1.165, 1.54) is 0 Å². The second-order valence-electron chi connectivity index (χ2n) is 1.89. The van der Waals surface area contributed by atoms with Crippen molar-refractivity contribution in [1.82, 2.24) is 9.55 Å². The van der Waals surface area contributed by atoms with Crippen molar-refractivity contribution < 1.29 is 0 Å². The van der Waals surface area contributed by atoms with E-state index in [2.05, 4.69) is 10.9 Å². The van der Waals surface area contributed by atoms with Crippen LogP contribution >= 0.6 is 0 Å². The number of aromatic nitrogens is 2. The van der Waals surface area contributed by atoms with Crippen molar-refractivity contribution in [2.75, 3.05) is 0 Å². The Hall–Kier alpha value is -1.23. The maximum Gasteiger partial charge on any atom is 0.111 e. The van der Waals surface area contributed by atoms with E-state index < -0.39 is 0 Å². The van der Waals surface area contributed by atoms with Gasteiger partial charge in [0.15, 0.2) is 0 Å². The highest BCUT2D eigenvalue weighted by atomic mass is 15.0. The van der Waals surface area contributed by atoms with Crippen molar-refractivity contribution >= 4 is 0 Å². The Bertz CT molecular complexity index is 252. The molecule has 46 valence electrons. The summed E-state index contributed by atoms with van der Waals surface area (Å²) in [5.41, 5.74) is 0.826. The van der Waals surface area contributed by atoms with Crippen molar-refractivity contribution in [2.24, 2.45) is 7.05 Å². The van der Waals surface area contributed by atoms with Gasteiger partial charge in [-0.3, -0.25) is 0 Å². The van der Waals surface area contributed by atoms with Crippen LogP contribution in [0.5, 0.6) is 0 Å². The minimum Gasteiger partial charge on any atom is -0.325 e. The summed E-state index contributed by atoms with van der Waals surface area (Å²) in [7, 11) is 1.90. The molecule has 0 aliphatic carbocycles. The van der Waals surface area contributed by atoms with E-state index in [0.717, 1.165) is 11.5 Å². The molecule has 0 aliphatic heterocycles. The molecule has 0 N–H and O–H groups in total. The zero-order valence-electron chi connectivity index (χ0n) is 5.55. The van der Waals surface area contributed by atoms with Crippen LogP contribution < -0.4 is 0 Å². The Morgan fingerprint density at radius 3 is 2.67 bits per heavy atom. The van der Waals surface area contributed by atoms with Gasteiger partial charge in [0.05, 0.1) is 6.20 Å². The normalized spacial score (nSPS) is 9.00. The van der Waals surface area contributed by atoms with Gasteiger partial charge in [-0.1, -0.05) is 5.92 Å². The summed E-state index contributed by atoms with van der Waals surface area (Å²) in [5, 5.41) is 0. The van der Waals surface area contributed by atoms with Gasteiger partial charge in [-0.05, 0) is 6.92 Å². The van der Waals surface area contributed by atoms with Gasteiger partial charge in [-0.15, -0.1) is 6.42 Å².